The summed E-state index contributed by atoms with van der Waals surface area (Å²) in [5, 5.41) is 11.1. The molecule has 0 aromatic heterocycles. The number of hydrogen-bond donors (Lipinski definition) is 2. The number of amides is 1. The molecule has 5 nitrogen and oxygen atoms in total. The summed E-state index contributed by atoms with van der Waals surface area (Å²) in [6.45, 7) is 1.84. The molecule has 1 amide bonds. The lowest BCUT2D eigenvalue weighted by atomic mass is 9.99. The Balaban J connectivity index is 2.33. The predicted octanol–water partition coefficient (Wildman–Crippen LogP) is 2.81. The van der Waals surface area contributed by atoms with Crippen LogP contribution in [-0.4, -0.2) is 22.8 Å². The fourth-order valence-corrected chi connectivity index (χ4v) is 2.02. The normalized spacial score (nSPS) is 10.5. The van der Waals surface area contributed by atoms with E-state index < -0.39 is 11.9 Å². The molecule has 2 rings (SSSR count). The molecule has 0 aliphatic carbocycles. The van der Waals surface area contributed by atoms with Gasteiger partial charge in [-0.25, -0.2) is 4.79 Å². The molecule has 0 spiro atoms. The van der Waals surface area contributed by atoms with Gasteiger partial charge in [-0.1, -0.05) is 42.0 Å². The highest BCUT2D eigenvalue weighted by atomic mass is 16.4. The van der Waals surface area contributed by atoms with Gasteiger partial charge in [0.15, 0.2) is 5.78 Å². The van der Waals surface area contributed by atoms with Gasteiger partial charge >= 0.3 is 5.97 Å². The zero-order valence-electron chi connectivity index (χ0n) is 12.4. The number of carbonyl (C=O) groups is 3. The number of carbonyl (C=O) groups excluding carboxylic acids is 2. The number of rotatable bonds is 5. The highest BCUT2D eigenvalue weighted by Crippen LogP contribution is 2.21. The molecule has 2 N–H and O–H groups in total. The number of carboxylic acid groups (broad SMARTS) is 1. The molecular weight excluding hydrogens is 294 g/mol. The molecule has 0 saturated carbocycles. The molecule has 0 fully saturated rings. The van der Waals surface area contributed by atoms with Gasteiger partial charge in [-0.05, 0) is 19.1 Å². The van der Waals surface area contributed by atoms with E-state index in [-0.39, 0.29) is 5.78 Å². The lowest BCUT2D eigenvalue weighted by molar-refractivity contribution is -0.131. The lowest BCUT2D eigenvalue weighted by Gasteiger charge is -2.10. The van der Waals surface area contributed by atoms with E-state index in [1.807, 2.05) is 13.0 Å². The number of carboxylic acids is 1. The van der Waals surface area contributed by atoms with Gasteiger partial charge in [-0.2, -0.15) is 0 Å². The summed E-state index contributed by atoms with van der Waals surface area (Å²) < 4.78 is 0. The third-order valence-corrected chi connectivity index (χ3v) is 3.09. The van der Waals surface area contributed by atoms with Gasteiger partial charge in [-0.15, -0.1) is 0 Å². The second-order valence-corrected chi connectivity index (χ2v) is 4.91. The van der Waals surface area contributed by atoms with Gasteiger partial charge in [0.1, 0.15) is 0 Å². The van der Waals surface area contributed by atoms with Crippen molar-refractivity contribution in [2.75, 3.05) is 5.32 Å². The Morgan fingerprint density at radius 1 is 1.00 bits per heavy atom. The molecule has 2 aromatic rings. The van der Waals surface area contributed by atoms with Crippen LogP contribution in [0.25, 0.3) is 0 Å². The number of aliphatic carboxylic acids is 1. The third-order valence-electron chi connectivity index (χ3n) is 3.09. The molecule has 5 heteroatoms. The van der Waals surface area contributed by atoms with Crippen molar-refractivity contribution in [2.24, 2.45) is 0 Å². The number of nitrogens with one attached hydrogen (secondary N) is 1. The lowest BCUT2D eigenvalue weighted by Crippen LogP contribution is -2.13. The molecule has 116 valence electrons. The zero-order chi connectivity index (χ0) is 16.8. The van der Waals surface area contributed by atoms with Crippen LogP contribution in [0.1, 0.15) is 21.5 Å². The fraction of sp³-hybridized carbons (Fsp3) is 0.0556. The van der Waals surface area contributed by atoms with Crippen LogP contribution in [0.4, 0.5) is 5.69 Å². The van der Waals surface area contributed by atoms with E-state index in [1.54, 1.807) is 42.5 Å². The Morgan fingerprint density at radius 2 is 1.70 bits per heavy atom. The Bertz CT molecular complexity index is 779. The van der Waals surface area contributed by atoms with Gasteiger partial charge in [0.2, 0.25) is 5.91 Å². The van der Waals surface area contributed by atoms with Crippen molar-refractivity contribution in [1.82, 2.24) is 0 Å². The molecule has 0 atom stereocenters. The van der Waals surface area contributed by atoms with Crippen LogP contribution >= 0.6 is 0 Å². The average Bonchev–Trinajstić information content (AvgIpc) is 2.54. The van der Waals surface area contributed by atoms with Crippen molar-refractivity contribution in [3.05, 3.63) is 77.4 Å². The van der Waals surface area contributed by atoms with Crippen molar-refractivity contribution in [3.8, 4) is 0 Å². The first kappa shape index (κ1) is 16.2. The number of hydrogen-bond acceptors (Lipinski definition) is 3. The number of benzene rings is 2. The van der Waals surface area contributed by atoms with Crippen molar-refractivity contribution in [2.45, 2.75) is 6.92 Å². The second-order valence-electron chi connectivity index (χ2n) is 4.91. The van der Waals surface area contributed by atoms with Crippen LogP contribution in [0.2, 0.25) is 0 Å². The molecule has 0 saturated heterocycles. The van der Waals surface area contributed by atoms with E-state index in [2.05, 4.69) is 5.32 Å². The molecular formula is C18H15NO4. The first-order valence-electron chi connectivity index (χ1n) is 6.90. The van der Waals surface area contributed by atoms with Gasteiger partial charge in [0.05, 0.1) is 5.69 Å². The highest BCUT2D eigenvalue weighted by molar-refractivity contribution is 6.14. The van der Waals surface area contributed by atoms with E-state index >= 15 is 0 Å². The molecule has 0 bridgehead atoms. The van der Waals surface area contributed by atoms with E-state index in [9.17, 15) is 14.4 Å². The Kier molecular flexibility index (Phi) is 5.04. The van der Waals surface area contributed by atoms with Crippen molar-refractivity contribution in [1.29, 1.82) is 0 Å². The largest absolute Gasteiger partial charge is 0.478 e. The molecule has 23 heavy (non-hydrogen) atoms. The molecule has 0 aliphatic rings. The smallest absolute Gasteiger partial charge is 0.328 e. The van der Waals surface area contributed by atoms with E-state index in [0.29, 0.717) is 16.8 Å². The molecule has 0 aliphatic heterocycles. The average molecular weight is 309 g/mol. The number of ketones is 1. The minimum atomic E-state index is -1.22. The molecule has 0 heterocycles. The van der Waals surface area contributed by atoms with Crippen LogP contribution in [0, 0.1) is 6.92 Å². The summed E-state index contributed by atoms with van der Waals surface area (Å²) in [6, 6.07) is 13.8. The second kappa shape index (κ2) is 7.17. The van der Waals surface area contributed by atoms with Gasteiger partial charge in [0, 0.05) is 23.3 Å². The van der Waals surface area contributed by atoms with E-state index in [1.165, 1.54) is 0 Å². The molecule has 2 aromatic carbocycles. The van der Waals surface area contributed by atoms with Gasteiger partial charge in [0.25, 0.3) is 0 Å². The van der Waals surface area contributed by atoms with Gasteiger partial charge in [-0.3, -0.25) is 9.59 Å². The summed E-state index contributed by atoms with van der Waals surface area (Å²) in [5.74, 6) is -2.05. The summed E-state index contributed by atoms with van der Waals surface area (Å²) in [7, 11) is 0. The van der Waals surface area contributed by atoms with Crippen LogP contribution in [0.5, 0.6) is 0 Å². The first-order chi connectivity index (χ1) is 11.0. The first-order valence-corrected chi connectivity index (χ1v) is 6.90. The maximum atomic E-state index is 12.6. The monoisotopic (exact) mass is 309 g/mol. The van der Waals surface area contributed by atoms with Crippen LogP contribution in [0.15, 0.2) is 60.7 Å². The van der Waals surface area contributed by atoms with Crippen molar-refractivity contribution < 1.29 is 19.5 Å². The maximum absolute atomic E-state index is 12.6. The summed E-state index contributed by atoms with van der Waals surface area (Å²) >= 11 is 0. The molecule has 0 radical (unpaired) electrons. The Hall–Kier alpha value is -3.21. The van der Waals surface area contributed by atoms with Crippen LogP contribution in [-0.2, 0) is 9.59 Å². The van der Waals surface area contributed by atoms with Crippen LogP contribution in [0.3, 0.4) is 0 Å². The van der Waals surface area contributed by atoms with E-state index in [0.717, 1.165) is 17.7 Å². The zero-order valence-corrected chi connectivity index (χ0v) is 12.4. The number of anilines is 1. The Morgan fingerprint density at radius 3 is 2.35 bits per heavy atom. The number of aryl methyl sites for hydroxylation is 1. The van der Waals surface area contributed by atoms with Crippen molar-refractivity contribution in [3.63, 3.8) is 0 Å². The minimum Gasteiger partial charge on any atom is -0.478 e. The standard InChI is InChI=1S/C18H15NO4/c1-12-7-8-15(19-16(20)9-10-17(21)22)14(11-12)18(23)13-5-3-2-4-6-13/h2-11H,1H3,(H,19,20)(H,21,22)/b10-9-. The molecule has 0 unspecified atom stereocenters. The third kappa shape index (κ3) is 4.38. The SMILES string of the molecule is Cc1ccc(NC(=O)/C=C\C(=O)O)c(C(=O)c2ccccc2)c1. The summed E-state index contributed by atoms with van der Waals surface area (Å²) in [4.78, 5) is 34.8. The quantitative estimate of drug-likeness (QED) is 0.657. The van der Waals surface area contributed by atoms with Crippen LogP contribution < -0.4 is 5.32 Å². The fourth-order valence-electron chi connectivity index (χ4n) is 2.02. The minimum absolute atomic E-state index is 0.216. The highest BCUT2D eigenvalue weighted by Gasteiger charge is 2.15. The van der Waals surface area contributed by atoms with E-state index in [4.69, 9.17) is 5.11 Å². The maximum Gasteiger partial charge on any atom is 0.328 e. The predicted molar refractivity (Wildman–Crippen MR) is 86.5 cm³/mol. The summed E-state index contributed by atoms with van der Waals surface area (Å²) in [5.41, 5.74) is 2.08. The summed E-state index contributed by atoms with van der Waals surface area (Å²) in [6.07, 6.45) is 1.64. The van der Waals surface area contributed by atoms with Crippen molar-refractivity contribution >= 4 is 23.3 Å². The topological polar surface area (TPSA) is 83.5 Å². The van der Waals surface area contributed by atoms with Gasteiger partial charge < -0.3 is 10.4 Å². The Labute approximate surface area is 133 Å².